The lowest BCUT2D eigenvalue weighted by Crippen LogP contribution is -2.21. The molecule has 1 aromatic heterocycles. The third kappa shape index (κ3) is 3.18. The minimum Gasteiger partial charge on any atom is -0.381 e. The zero-order chi connectivity index (χ0) is 15.6. The minimum atomic E-state index is -0.365. The van der Waals surface area contributed by atoms with E-state index in [-0.39, 0.29) is 16.0 Å². The van der Waals surface area contributed by atoms with Gasteiger partial charge in [-0.15, -0.1) is 5.10 Å². The summed E-state index contributed by atoms with van der Waals surface area (Å²) in [7, 11) is 0. The largest absolute Gasteiger partial charge is 0.381 e. The first-order chi connectivity index (χ1) is 9.80. The number of hydrogen-bond acceptors (Lipinski definition) is 5. The summed E-state index contributed by atoms with van der Waals surface area (Å²) in [6.07, 6.45) is 0.503. The van der Waals surface area contributed by atoms with Crippen molar-refractivity contribution in [3.63, 3.8) is 0 Å². The van der Waals surface area contributed by atoms with Gasteiger partial charge in [0.1, 0.15) is 0 Å². The Morgan fingerprint density at radius 1 is 1.33 bits per heavy atom. The van der Waals surface area contributed by atoms with Gasteiger partial charge in [0, 0.05) is 23.6 Å². The molecule has 0 bridgehead atoms. The molecule has 0 fully saturated rings. The van der Waals surface area contributed by atoms with Crippen LogP contribution in [0.5, 0.6) is 0 Å². The fourth-order valence-corrected chi connectivity index (χ4v) is 2.38. The standard InChI is InChI=1S/C14H19N5O2/c1-14(2,3)12-13(15)16-17-18(12)9-8-10-6-4-5-7-11(10)19(20)21/h4-7H,8-9,15H2,1-3H3. The van der Waals surface area contributed by atoms with E-state index in [2.05, 4.69) is 10.3 Å². The lowest BCUT2D eigenvalue weighted by molar-refractivity contribution is -0.385. The number of nitrogens with two attached hydrogens (primary N) is 1. The van der Waals surface area contributed by atoms with Gasteiger partial charge < -0.3 is 5.73 Å². The summed E-state index contributed by atoms with van der Waals surface area (Å²) in [6, 6.07) is 6.73. The molecule has 1 aromatic carbocycles. The van der Waals surface area contributed by atoms with Crippen molar-refractivity contribution in [3.05, 3.63) is 45.6 Å². The Morgan fingerprint density at radius 2 is 2.00 bits per heavy atom. The Hall–Kier alpha value is -2.44. The van der Waals surface area contributed by atoms with Crippen LogP contribution in [-0.2, 0) is 18.4 Å². The molecule has 0 saturated carbocycles. The summed E-state index contributed by atoms with van der Waals surface area (Å²) < 4.78 is 1.73. The zero-order valence-electron chi connectivity index (χ0n) is 12.4. The molecule has 0 radical (unpaired) electrons. The smallest absolute Gasteiger partial charge is 0.272 e. The number of para-hydroxylation sites is 1. The van der Waals surface area contributed by atoms with Gasteiger partial charge >= 0.3 is 0 Å². The van der Waals surface area contributed by atoms with Gasteiger partial charge in [0.05, 0.1) is 10.6 Å². The van der Waals surface area contributed by atoms with Gasteiger partial charge in [-0.3, -0.25) is 10.1 Å². The molecule has 0 aliphatic carbocycles. The van der Waals surface area contributed by atoms with Crippen LogP contribution in [-0.4, -0.2) is 19.9 Å². The lowest BCUT2D eigenvalue weighted by Gasteiger charge is -2.20. The van der Waals surface area contributed by atoms with Crippen LogP contribution in [0.4, 0.5) is 11.5 Å². The molecule has 7 heteroatoms. The number of benzene rings is 1. The molecule has 7 nitrogen and oxygen atoms in total. The summed E-state index contributed by atoms with van der Waals surface area (Å²) in [6.45, 7) is 6.60. The third-order valence-corrected chi connectivity index (χ3v) is 3.25. The van der Waals surface area contributed by atoms with Crippen LogP contribution in [0.15, 0.2) is 24.3 Å². The Morgan fingerprint density at radius 3 is 2.62 bits per heavy atom. The SMILES string of the molecule is CC(C)(C)c1c(N)nnn1CCc1ccccc1[N+](=O)[O-]. The Balaban J connectivity index is 2.24. The average Bonchev–Trinajstić information content (AvgIpc) is 2.77. The minimum absolute atomic E-state index is 0.128. The molecule has 21 heavy (non-hydrogen) atoms. The van der Waals surface area contributed by atoms with Crippen molar-refractivity contribution in [1.82, 2.24) is 15.0 Å². The highest BCUT2D eigenvalue weighted by molar-refractivity contribution is 5.40. The topological polar surface area (TPSA) is 99.9 Å². The number of anilines is 1. The maximum absolute atomic E-state index is 11.0. The van der Waals surface area contributed by atoms with Gasteiger partial charge in [-0.05, 0) is 6.42 Å². The predicted molar refractivity (Wildman–Crippen MR) is 79.9 cm³/mol. The molecule has 0 atom stereocenters. The van der Waals surface area contributed by atoms with Crippen LogP contribution in [0.1, 0.15) is 32.0 Å². The number of hydrogen-bond donors (Lipinski definition) is 1. The van der Waals surface area contributed by atoms with Crippen LogP contribution in [0, 0.1) is 10.1 Å². The van der Waals surface area contributed by atoms with Crippen molar-refractivity contribution >= 4 is 11.5 Å². The number of nitro groups is 1. The first-order valence-electron chi connectivity index (χ1n) is 6.72. The number of aromatic nitrogens is 3. The molecule has 0 aliphatic heterocycles. The van der Waals surface area contributed by atoms with Gasteiger partial charge in [0.25, 0.3) is 5.69 Å². The fourth-order valence-electron chi connectivity index (χ4n) is 2.38. The quantitative estimate of drug-likeness (QED) is 0.687. The van der Waals surface area contributed by atoms with Gasteiger partial charge in [0.15, 0.2) is 5.82 Å². The molecule has 0 saturated heterocycles. The third-order valence-electron chi connectivity index (χ3n) is 3.25. The van der Waals surface area contributed by atoms with E-state index in [9.17, 15) is 10.1 Å². The van der Waals surface area contributed by atoms with E-state index in [4.69, 9.17) is 5.73 Å². The summed E-state index contributed by atoms with van der Waals surface area (Å²) in [4.78, 5) is 10.6. The average molecular weight is 289 g/mol. The summed E-state index contributed by atoms with van der Waals surface area (Å²) in [5.41, 5.74) is 7.34. The van der Waals surface area contributed by atoms with Crippen LogP contribution in [0.2, 0.25) is 0 Å². The van der Waals surface area contributed by atoms with Crippen molar-refractivity contribution in [2.45, 2.75) is 39.2 Å². The van der Waals surface area contributed by atoms with E-state index in [1.54, 1.807) is 22.9 Å². The Bertz CT molecular complexity index is 658. The molecule has 0 aliphatic rings. The van der Waals surface area contributed by atoms with Crippen molar-refractivity contribution in [3.8, 4) is 0 Å². The van der Waals surface area contributed by atoms with Crippen LogP contribution >= 0.6 is 0 Å². The highest BCUT2D eigenvalue weighted by Crippen LogP contribution is 2.26. The van der Waals surface area contributed by atoms with Gasteiger partial charge in [-0.1, -0.05) is 44.2 Å². The van der Waals surface area contributed by atoms with Crippen molar-refractivity contribution in [2.24, 2.45) is 0 Å². The molecule has 112 valence electrons. The first-order valence-corrected chi connectivity index (χ1v) is 6.72. The second kappa shape index (κ2) is 5.51. The molecule has 0 amide bonds. The van der Waals surface area contributed by atoms with E-state index in [0.717, 1.165) is 5.69 Å². The number of nitrogens with zero attached hydrogens (tertiary/aromatic N) is 4. The van der Waals surface area contributed by atoms with Crippen LogP contribution in [0.25, 0.3) is 0 Å². The van der Waals surface area contributed by atoms with E-state index in [1.807, 2.05) is 20.8 Å². The monoisotopic (exact) mass is 289 g/mol. The highest BCUT2D eigenvalue weighted by atomic mass is 16.6. The Labute approximate surface area is 122 Å². The summed E-state index contributed by atoms with van der Waals surface area (Å²) in [5.74, 6) is 0.407. The van der Waals surface area contributed by atoms with Crippen molar-refractivity contribution in [1.29, 1.82) is 0 Å². The number of aryl methyl sites for hydroxylation is 2. The van der Waals surface area contributed by atoms with Crippen LogP contribution < -0.4 is 5.73 Å². The second-order valence-electron chi connectivity index (χ2n) is 5.93. The number of rotatable bonds is 4. The van der Waals surface area contributed by atoms with E-state index < -0.39 is 0 Å². The highest BCUT2D eigenvalue weighted by Gasteiger charge is 2.24. The van der Waals surface area contributed by atoms with Crippen LogP contribution in [0.3, 0.4) is 0 Å². The van der Waals surface area contributed by atoms with E-state index in [1.165, 1.54) is 6.07 Å². The fraction of sp³-hybridized carbons (Fsp3) is 0.429. The first kappa shape index (κ1) is 15.0. The van der Waals surface area contributed by atoms with Gasteiger partial charge in [-0.2, -0.15) is 0 Å². The molecule has 2 rings (SSSR count). The zero-order valence-corrected chi connectivity index (χ0v) is 12.4. The molecule has 2 aromatic rings. The maximum Gasteiger partial charge on any atom is 0.272 e. The normalized spacial score (nSPS) is 11.6. The molecule has 0 spiro atoms. The van der Waals surface area contributed by atoms with E-state index >= 15 is 0 Å². The summed E-state index contributed by atoms with van der Waals surface area (Å²) in [5, 5.41) is 19.0. The Kier molecular flexibility index (Phi) is 3.93. The molecular weight excluding hydrogens is 270 g/mol. The van der Waals surface area contributed by atoms with Gasteiger partial charge in [-0.25, -0.2) is 4.68 Å². The molecule has 1 heterocycles. The summed E-state index contributed by atoms with van der Waals surface area (Å²) >= 11 is 0. The molecule has 2 N–H and O–H groups in total. The number of nitro benzene ring substituents is 1. The van der Waals surface area contributed by atoms with Crippen molar-refractivity contribution in [2.75, 3.05) is 5.73 Å². The predicted octanol–water partition coefficient (Wildman–Crippen LogP) is 2.31. The molecule has 0 unspecified atom stereocenters. The van der Waals surface area contributed by atoms with Crippen molar-refractivity contribution < 1.29 is 4.92 Å². The molecular formula is C14H19N5O2. The number of nitrogen functional groups attached to an aromatic ring is 1. The van der Waals surface area contributed by atoms with Gasteiger partial charge in [0.2, 0.25) is 0 Å². The lowest BCUT2D eigenvalue weighted by atomic mass is 9.92. The maximum atomic E-state index is 11.0. The van der Waals surface area contributed by atoms with E-state index in [0.29, 0.717) is 24.3 Å². The second-order valence-corrected chi connectivity index (χ2v) is 5.93.